The molecule has 0 aliphatic carbocycles. The molecular formula is C5H12I2NO4P. The molecule has 2 atom stereocenters. The Morgan fingerprint density at radius 3 is 2.62 bits per heavy atom. The first kappa shape index (κ1) is 14.5. The lowest BCUT2D eigenvalue weighted by Gasteiger charge is -2.12. The third-order valence-corrected chi connectivity index (χ3v) is 5.49. The predicted molar refractivity (Wildman–Crippen MR) is 67.5 cm³/mol. The van der Waals surface area contributed by atoms with Crippen molar-refractivity contribution in [3.63, 3.8) is 0 Å². The Balaban J connectivity index is 3.68. The van der Waals surface area contributed by atoms with Crippen LogP contribution in [0.5, 0.6) is 0 Å². The summed E-state index contributed by atoms with van der Waals surface area (Å²) in [4.78, 5) is 9.04. The second-order valence-electron chi connectivity index (χ2n) is 2.14. The van der Waals surface area contributed by atoms with E-state index in [-0.39, 0.29) is 23.7 Å². The molecule has 0 saturated carbocycles. The summed E-state index contributed by atoms with van der Waals surface area (Å²) < 4.78 is 21.3. The molecule has 80 valence electrons. The Kier molecular flexibility index (Phi) is 8.69. The van der Waals surface area contributed by atoms with Gasteiger partial charge in [-0.05, 0) is 0 Å². The molecule has 0 amide bonds. The molecule has 0 aliphatic heterocycles. The molecule has 0 heterocycles. The maximum absolute atomic E-state index is 11.0. The zero-order valence-electron chi connectivity index (χ0n) is 6.86. The van der Waals surface area contributed by atoms with Crippen molar-refractivity contribution in [3.05, 3.63) is 0 Å². The van der Waals surface area contributed by atoms with Gasteiger partial charge in [0.25, 0.3) is 0 Å². The number of hydrogen-bond donors (Lipinski definition) is 2. The van der Waals surface area contributed by atoms with Gasteiger partial charge in [0.1, 0.15) is 0 Å². The van der Waals surface area contributed by atoms with Gasteiger partial charge in [0.2, 0.25) is 0 Å². The average molecular weight is 435 g/mol. The van der Waals surface area contributed by atoms with E-state index in [2.05, 4.69) is 49.7 Å². The van der Waals surface area contributed by atoms with Gasteiger partial charge >= 0.3 is 7.82 Å². The van der Waals surface area contributed by atoms with E-state index in [1.54, 1.807) is 0 Å². The Hall–Kier alpha value is 1.53. The molecule has 0 bridgehead atoms. The van der Waals surface area contributed by atoms with Crippen LogP contribution >= 0.6 is 53.0 Å². The van der Waals surface area contributed by atoms with E-state index >= 15 is 0 Å². The van der Waals surface area contributed by atoms with Crippen molar-refractivity contribution in [2.75, 3.05) is 24.2 Å². The molecule has 0 aromatic rings. The fourth-order valence-corrected chi connectivity index (χ4v) is 1.92. The minimum Gasteiger partial charge on any atom is -0.328 e. The summed E-state index contributed by atoms with van der Waals surface area (Å²) in [5.74, 6) is 0. The topological polar surface area (TPSA) is 81.8 Å². The molecule has 5 nitrogen and oxygen atoms in total. The van der Waals surface area contributed by atoms with E-state index in [4.69, 9.17) is 15.2 Å². The molecule has 3 N–H and O–H groups in total. The van der Waals surface area contributed by atoms with Crippen LogP contribution in [0.4, 0.5) is 0 Å². The Morgan fingerprint density at radius 1 is 1.54 bits per heavy atom. The van der Waals surface area contributed by atoms with Gasteiger partial charge in [-0.1, -0.05) is 45.2 Å². The van der Waals surface area contributed by atoms with Gasteiger partial charge in [0.05, 0.1) is 13.2 Å². The van der Waals surface area contributed by atoms with Crippen molar-refractivity contribution in [2.24, 2.45) is 5.73 Å². The molecule has 13 heavy (non-hydrogen) atoms. The highest BCUT2D eigenvalue weighted by molar-refractivity contribution is 14.1. The number of alkyl halides is 2. The Bertz CT molecular complexity index is 182. The fourth-order valence-electron chi connectivity index (χ4n) is 0.425. The van der Waals surface area contributed by atoms with E-state index in [0.717, 1.165) is 4.43 Å². The monoisotopic (exact) mass is 435 g/mol. The second kappa shape index (κ2) is 7.77. The third kappa shape index (κ3) is 8.52. The molecule has 0 radical (unpaired) electrons. The average Bonchev–Trinajstić information content (AvgIpc) is 2.11. The van der Waals surface area contributed by atoms with Crippen LogP contribution in [-0.2, 0) is 13.6 Å². The lowest BCUT2D eigenvalue weighted by Crippen LogP contribution is -2.12. The number of nitrogens with two attached hydrogens (primary N) is 1. The largest absolute Gasteiger partial charge is 0.472 e. The lowest BCUT2D eigenvalue weighted by molar-refractivity contribution is 0.155. The minimum atomic E-state index is -3.86. The predicted octanol–water partition coefficient (Wildman–Crippen LogP) is 1.32. The summed E-state index contributed by atoms with van der Waals surface area (Å²) in [6, 6.07) is 0. The quantitative estimate of drug-likeness (QED) is 0.359. The first-order chi connectivity index (χ1) is 6.02. The zero-order valence-corrected chi connectivity index (χ0v) is 12.1. The third-order valence-electron chi connectivity index (χ3n) is 0.958. The molecular weight excluding hydrogens is 423 g/mol. The minimum absolute atomic E-state index is 0.0317. The van der Waals surface area contributed by atoms with Gasteiger partial charge in [-0.15, -0.1) is 0 Å². The van der Waals surface area contributed by atoms with Crippen LogP contribution in [-0.4, -0.2) is 33.0 Å². The molecule has 0 aromatic carbocycles. The maximum Gasteiger partial charge on any atom is 0.472 e. The zero-order chi connectivity index (χ0) is 10.3. The van der Waals surface area contributed by atoms with Gasteiger partial charge in [0.15, 0.2) is 0 Å². The van der Waals surface area contributed by atoms with Gasteiger partial charge in [-0.2, -0.15) is 0 Å². The highest BCUT2D eigenvalue weighted by atomic mass is 127. The number of rotatable bonds is 7. The maximum atomic E-state index is 11.0. The number of phosphoric acid groups is 1. The number of halogens is 2. The van der Waals surface area contributed by atoms with E-state index in [0.29, 0.717) is 0 Å². The summed E-state index contributed by atoms with van der Waals surface area (Å²) in [6.45, 7) is 0.444. The van der Waals surface area contributed by atoms with Crippen LogP contribution in [0.2, 0.25) is 0 Å². The van der Waals surface area contributed by atoms with E-state index < -0.39 is 7.82 Å². The highest BCUT2D eigenvalue weighted by Gasteiger charge is 2.21. The molecule has 0 aromatic heterocycles. The van der Waals surface area contributed by atoms with Gasteiger partial charge < -0.3 is 10.6 Å². The summed E-state index contributed by atoms with van der Waals surface area (Å²) in [6.07, 6.45) is 0. The standard InChI is InChI=1S/C5H12I2NO4P/c6-3-5(7)4-12-13(9,10)11-2-1-8/h5H,1-4,8H2,(H,9,10). The summed E-state index contributed by atoms with van der Waals surface area (Å²) in [5, 5.41) is 0. The van der Waals surface area contributed by atoms with Crippen molar-refractivity contribution in [3.8, 4) is 0 Å². The van der Waals surface area contributed by atoms with Crippen LogP contribution in [0.15, 0.2) is 0 Å². The van der Waals surface area contributed by atoms with Crippen molar-refractivity contribution < 1.29 is 18.5 Å². The highest BCUT2D eigenvalue weighted by Crippen LogP contribution is 2.43. The molecule has 0 saturated heterocycles. The molecule has 2 unspecified atom stereocenters. The Morgan fingerprint density at radius 2 is 2.15 bits per heavy atom. The first-order valence-electron chi connectivity index (χ1n) is 3.54. The van der Waals surface area contributed by atoms with Crippen molar-refractivity contribution in [2.45, 2.75) is 3.92 Å². The van der Waals surface area contributed by atoms with Crippen molar-refractivity contribution in [1.29, 1.82) is 0 Å². The van der Waals surface area contributed by atoms with Crippen molar-refractivity contribution >= 4 is 53.0 Å². The smallest absolute Gasteiger partial charge is 0.328 e. The van der Waals surface area contributed by atoms with Crippen LogP contribution in [0, 0.1) is 0 Å². The summed E-state index contributed by atoms with van der Waals surface area (Å²) in [7, 11) is -3.86. The first-order valence-corrected chi connectivity index (χ1v) is 7.80. The van der Waals surface area contributed by atoms with Crippen LogP contribution in [0.25, 0.3) is 0 Å². The van der Waals surface area contributed by atoms with Crippen LogP contribution in [0.1, 0.15) is 0 Å². The molecule has 0 rings (SSSR count). The van der Waals surface area contributed by atoms with E-state index in [9.17, 15) is 4.57 Å². The normalized spacial score (nSPS) is 18.2. The van der Waals surface area contributed by atoms with E-state index in [1.165, 1.54) is 0 Å². The lowest BCUT2D eigenvalue weighted by atomic mass is 10.5. The Labute approximate surface area is 105 Å². The molecule has 0 spiro atoms. The summed E-state index contributed by atoms with van der Waals surface area (Å²) >= 11 is 4.31. The van der Waals surface area contributed by atoms with Gasteiger partial charge in [-0.3, -0.25) is 9.05 Å². The SMILES string of the molecule is NCCOP(=O)(O)OCC(I)CI. The second-order valence-corrected chi connectivity index (χ2v) is 6.23. The van der Waals surface area contributed by atoms with Crippen LogP contribution < -0.4 is 5.73 Å². The van der Waals surface area contributed by atoms with Crippen LogP contribution in [0.3, 0.4) is 0 Å². The fraction of sp³-hybridized carbons (Fsp3) is 1.00. The van der Waals surface area contributed by atoms with Crippen molar-refractivity contribution in [1.82, 2.24) is 0 Å². The number of hydrogen-bond acceptors (Lipinski definition) is 4. The van der Waals surface area contributed by atoms with E-state index in [1.807, 2.05) is 0 Å². The van der Waals surface area contributed by atoms with Gasteiger partial charge in [-0.25, -0.2) is 4.57 Å². The molecule has 0 aliphatic rings. The molecule has 8 heteroatoms. The van der Waals surface area contributed by atoms with Gasteiger partial charge in [0, 0.05) is 14.9 Å². The molecule has 0 fully saturated rings. The summed E-state index contributed by atoms with van der Waals surface area (Å²) in [5.41, 5.74) is 5.10. The number of phosphoric ester groups is 1.